The van der Waals surface area contributed by atoms with E-state index in [-0.39, 0.29) is 6.10 Å². The van der Waals surface area contributed by atoms with Crippen LogP contribution in [0, 0.1) is 0 Å². The SMILES string of the molecule is CC(CCOCCOc1cccc(Br)n1)OCc1ccccc1. The van der Waals surface area contributed by atoms with Crippen LogP contribution in [0.25, 0.3) is 0 Å². The second-order valence-electron chi connectivity index (χ2n) is 5.16. The molecule has 0 fully saturated rings. The summed E-state index contributed by atoms with van der Waals surface area (Å²) >= 11 is 3.31. The van der Waals surface area contributed by atoms with Crippen LogP contribution in [0.3, 0.4) is 0 Å². The van der Waals surface area contributed by atoms with Crippen molar-refractivity contribution in [3.8, 4) is 5.88 Å². The van der Waals surface area contributed by atoms with Gasteiger partial charge in [-0.3, -0.25) is 0 Å². The van der Waals surface area contributed by atoms with Crippen LogP contribution >= 0.6 is 15.9 Å². The highest BCUT2D eigenvalue weighted by Crippen LogP contribution is 2.11. The zero-order chi connectivity index (χ0) is 16.3. The summed E-state index contributed by atoms with van der Waals surface area (Å²) in [5.41, 5.74) is 1.19. The van der Waals surface area contributed by atoms with Crippen molar-refractivity contribution in [1.29, 1.82) is 0 Å². The standard InChI is InChI=1S/C18H22BrNO3/c1-15(23-14-16-6-3-2-4-7-16)10-11-21-12-13-22-18-9-5-8-17(19)20-18/h2-9,15H,10-14H2,1H3. The molecule has 0 aliphatic carbocycles. The Morgan fingerprint density at radius 1 is 1.00 bits per heavy atom. The maximum Gasteiger partial charge on any atom is 0.214 e. The predicted octanol–water partition coefficient (Wildman–Crippen LogP) is 4.23. The monoisotopic (exact) mass is 379 g/mol. The van der Waals surface area contributed by atoms with E-state index in [0.717, 1.165) is 11.0 Å². The van der Waals surface area contributed by atoms with Crippen molar-refractivity contribution >= 4 is 15.9 Å². The van der Waals surface area contributed by atoms with E-state index < -0.39 is 0 Å². The Labute approximate surface area is 145 Å². The molecule has 0 saturated carbocycles. The summed E-state index contributed by atoms with van der Waals surface area (Å²) < 4.78 is 17.6. The van der Waals surface area contributed by atoms with Crippen molar-refractivity contribution < 1.29 is 14.2 Å². The van der Waals surface area contributed by atoms with Crippen LogP contribution in [0.2, 0.25) is 0 Å². The van der Waals surface area contributed by atoms with Gasteiger partial charge in [-0.1, -0.05) is 36.4 Å². The number of hydrogen-bond acceptors (Lipinski definition) is 4. The molecule has 2 aromatic rings. The lowest BCUT2D eigenvalue weighted by Crippen LogP contribution is -2.14. The van der Waals surface area contributed by atoms with Crippen LogP contribution in [-0.4, -0.2) is 30.9 Å². The van der Waals surface area contributed by atoms with Gasteiger partial charge in [0.1, 0.15) is 11.2 Å². The number of rotatable bonds is 10. The number of hydrogen-bond donors (Lipinski definition) is 0. The molecule has 1 unspecified atom stereocenters. The predicted molar refractivity (Wildman–Crippen MR) is 93.6 cm³/mol. The third-order valence-electron chi connectivity index (χ3n) is 3.21. The number of halogens is 1. The highest BCUT2D eigenvalue weighted by Gasteiger charge is 2.03. The molecule has 1 aromatic heterocycles. The Morgan fingerprint density at radius 2 is 1.83 bits per heavy atom. The molecule has 5 heteroatoms. The van der Waals surface area contributed by atoms with Crippen molar-refractivity contribution in [2.75, 3.05) is 19.8 Å². The highest BCUT2D eigenvalue weighted by atomic mass is 79.9. The minimum Gasteiger partial charge on any atom is -0.475 e. The maximum absolute atomic E-state index is 5.79. The van der Waals surface area contributed by atoms with Crippen LogP contribution in [-0.2, 0) is 16.1 Å². The van der Waals surface area contributed by atoms with E-state index in [2.05, 4.69) is 40.0 Å². The van der Waals surface area contributed by atoms with Crippen molar-refractivity contribution in [1.82, 2.24) is 4.98 Å². The lowest BCUT2D eigenvalue weighted by molar-refractivity contribution is 0.0174. The number of aromatic nitrogens is 1. The van der Waals surface area contributed by atoms with E-state index in [1.807, 2.05) is 36.4 Å². The van der Waals surface area contributed by atoms with Crippen molar-refractivity contribution in [3.05, 3.63) is 58.7 Å². The van der Waals surface area contributed by atoms with Crippen LogP contribution < -0.4 is 4.74 Å². The largest absolute Gasteiger partial charge is 0.475 e. The number of nitrogens with zero attached hydrogens (tertiary/aromatic N) is 1. The third kappa shape index (κ3) is 7.59. The minimum atomic E-state index is 0.169. The zero-order valence-electron chi connectivity index (χ0n) is 13.3. The molecule has 23 heavy (non-hydrogen) atoms. The van der Waals surface area contributed by atoms with Crippen molar-refractivity contribution in [2.45, 2.75) is 26.1 Å². The summed E-state index contributed by atoms with van der Waals surface area (Å²) in [6, 6.07) is 15.8. The van der Waals surface area contributed by atoms with Gasteiger partial charge in [-0.05, 0) is 40.9 Å². The summed E-state index contributed by atoms with van der Waals surface area (Å²) in [4.78, 5) is 4.19. The molecule has 0 spiro atoms. The first-order chi connectivity index (χ1) is 11.2. The van der Waals surface area contributed by atoms with Crippen molar-refractivity contribution in [3.63, 3.8) is 0 Å². The van der Waals surface area contributed by atoms with Gasteiger partial charge >= 0.3 is 0 Å². The number of pyridine rings is 1. The summed E-state index contributed by atoms with van der Waals surface area (Å²) in [7, 11) is 0. The average molecular weight is 380 g/mol. The normalized spacial score (nSPS) is 12.1. The summed E-state index contributed by atoms with van der Waals surface area (Å²) in [6.07, 6.45) is 1.03. The Morgan fingerprint density at radius 3 is 2.61 bits per heavy atom. The molecule has 2 rings (SSSR count). The molecule has 0 amide bonds. The van der Waals surface area contributed by atoms with Crippen LogP contribution in [0.1, 0.15) is 18.9 Å². The Hall–Kier alpha value is -1.43. The molecule has 0 aliphatic rings. The molecule has 1 aromatic carbocycles. The van der Waals surface area contributed by atoms with Gasteiger partial charge in [0, 0.05) is 12.7 Å². The molecule has 0 aliphatic heterocycles. The summed E-state index contributed by atoms with van der Waals surface area (Å²) in [5.74, 6) is 0.600. The first-order valence-electron chi connectivity index (χ1n) is 7.72. The van der Waals surface area contributed by atoms with Crippen LogP contribution in [0.5, 0.6) is 5.88 Å². The second-order valence-corrected chi connectivity index (χ2v) is 5.97. The average Bonchev–Trinajstić information content (AvgIpc) is 2.57. The molecule has 0 N–H and O–H groups in total. The Kier molecular flexibility index (Phi) is 8.07. The maximum atomic E-state index is 5.79. The van der Waals surface area contributed by atoms with Gasteiger partial charge in [0.2, 0.25) is 5.88 Å². The van der Waals surface area contributed by atoms with Gasteiger partial charge in [0.05, 0.1) is 19.3 Å². The molecule has 1 atom stereocenters. The number of benzene rings is 1. The molecule has 1 heterocycles. The Balaban J connectivity index is 1.50. The summed E-state index contributed by atoms with van der Waals surface area (Å²) in [6.45, 7) is 4.39. The number of ether oxygens (including phenoxy) is 3. The van der Waals surface area contributed by atoms with E-state index in [1.165, 1.54) is 5.56 Å². The highest BCUT2D eigenvalue weighted by molar-refractivity contribution is 9.10. The first kappa shape index (κ1) is 17.9. The molecule has 0 saturated heterocycles. The quantitative estimate of drug-likeness (QED) is 0.457. The van der Waals surface area contributed by atoms with Gasteiger partial charge < -0.3 is 14.2 Å². The fourth-order valence-corrected chi connectivity index (χ4v) is 2.25. The fraction of sp³-hybridized carbons (Fsp3) is 0.389. The minimum absolute atomic E-state index is 0.169. The summed E-state index contributed by atoms with van der Waals surface area (Å²) in [5, 5.41) is 0. The van der Waals surface area contributed by atoms with E-state index in [9.17, 15) is 0 Å². The topological polar surface area (TPSA) is 40.6 Å². The molecule has 0 bridgehead atoms. The van der Waals surface area contributed by atoms with Gasteiger partial charge in [0.25, 0.3) is 0 Å². The van der Waals surface area contributed by atoms with E-state index in [1.54, 1.807) is 0 Å². The Bertz CT molecular complexity index is 565. The molecule has 0 radical (unpaired) electrons. The molecular weight excluding hydrogens is 358 g/mol. The van der Waals surface area contributed by atoms with Crippen LogP contribution in [0.15, 0.2) is 53.1 Å². The van der Waals surface area contributed by atoms with E-state index in [0.29, 0.717) is 32.3 Å². The van der Waals surface area contributed by atoms with Crippen molar-refractivity contribution in [2.24, 2.45) is 0 Å². The first-order valence-corrected chi connectivity index (χ1v) is 8.52. The zero-order valence-corrected chi connectivity index (χ0v) is 14.9. The van der Waals surface area contributed by atoms with E-state index >= 15 is 0 Å². The van der Waals surface area contributed by atoms with Gasteiger partial charge in [0.15, 0.2) is 0 Å². The fourth-order valence-electron chi connectivity index (χ4n) is 1.92. The third-order valence-corrected chi connectivity index (χ3v) is 3.65. The lowest BCUT2D eigenvalue weighted by atomic mass is 10.2. The molecule has 124 valence electrons. The second kappa shape index (κ2) is 10.4. The smallest absolute Gasteiger partial charge is 0.214 e. The molecule has 4 nitrogen and oxygen atoms in total. The van der Waals surface area contributed by atoms with Gasteiger partial charge in [-0.15, -0.1) is 0 Å². The lowest BCUT2D eigenvalue weighted by Gasteiger charge is -2.13. The van der Waals surface area contributed by atoms with Gasteiger partial charge in [-0.25, -0.2) is 4.98 Å². The van der Waals surface area contributed by atoms with Gasteiger partial charge in [-0.2, -0.15) is 0 Å². The van der Waals surface area contributed by atoms with Crippen LogP contribution in [0.4, 0.5) is 0 Å². The molecular formula is C18H22BrNO3. The van der Waals surface area contributed by atoms with E-state index in [4.69, 9.17) is 14.2 Å².